The molecule has 0 radical (unpaired) electrons. The minimum absolute atomic E-state index is 0.0442. The fourth-order valence-electron chi connectivity index (χ4n) is 1.53. The highest BCUT2D eigenvalue weighted by atomic mass is 79.9. The van der Waals surface area contributed by atoms with E-state index in [0.717, 1.165) is 20.4 Å². The van der Waals surface area contributed by atoms with E-state index < -0.39 is 0 Å². The molecule has 0 aliphatic rings. The number of rotatable bonds is 6. The van der Waals surface area contributed by atoms with Crippen LogP contribution < -0.4 is 15.4 Å². The highest BCUT2D eigenvalue weighted by Gasteiger charge is 2.08. The summed E-state index contributed by atoms with van der Waals surface area (Å²) in [5.74, 6) is 0.792. The zero-order chi connectivity index (χ0) is 14.4. The first kappa shape index (κ1) is 16.3. The summed E-state index contributed by atoms with van der Waals surface area (Å²) in [7, 11) is 1.62. The Morgan fingerprint density at radius 3 is 2.58 bits per heavy atom. The predicted molar refractivity (Wildman–Crippen MR) is 84.8 cm³/mol. The minimum atomic E-state index is 0.0442. The molecule has 0 aromatic heterocycles. The normalized spacial score (nSPS) is 10.4. The van der Waals surface area contributed by atoms with Gasteiger partial charge in [0.25, 0.3) is 0 Å². The maximum absolute atomic E-state index is 11.5. The number of methoxy groups -OCH3 is 1. The van der Waals surface area contributed by atoms with Gasteiger partial charge >= 0.3 is 0 Å². The quantitative estimate of drug-likeness (QED) is 0.776. The molecule has 1 rings (SSSR count). The molecule has 0 unspecified atom stereocenters. The molecule has 0 spiro atoms. The zero-order valence-corrected chi connectivity index (χ0v) is 14.4. The van der Waals surface area contributed by atoms with Gasteiger partial charge in [-0.05, 0) is 51.8 Å². The van der Waals surface area contributed by atoms with Crippen molar-refractivity contribution in [2.45, 2.75) is 26.3 Å². The molecular weight excluding hydrogens is 376 g/mol. The van der Waals surface area contributed by atoms with Crippen LogP contribution in [-0.4, -0.2) is 25.6 Å². The number of anilines is 1. The van der Waals surface area contributed by atoms with Crippen molar-refractivity contribution in [3.8, 4) is 5.75 Å². The largest absolute Gasteiger partial charge is 0.495 e. The maximum atomic E-state index is 11.5. The molecule has 4 nitrogen and oxygen atoms in total. The van der Waals surface area contributed by atoms with E-state index in [-0.39, 0.29) is 11.9 Å². The Labute approximate surface area is 130 Å². The number of carbonyl (C=O) groups excluding carboxylic acids is 1. The van der Waals surface area contributed by atoms with Crippen LogP contribution in [0.15, 0.2) is 21.1 Å². The number of carbonyl (C=O) groups is 1. The lowest BCUT2D eigenvalue weighted by Crippen LogP contribution is -2.31. The Morgan fingerprint density at radius 1 is 1.32 bits per heavy atom. The fourth-order valence-corrected chi connectivity index (χ4v) is 2.82. The molecule has 0 aliphatic carbocycles. The van der Waals surface area contributed by atoms with Crippen LogP contribution in [0.4, 0.5) is 5.69 Å². The van der Waals surface area contributed by atoms with Crippen LogP contribution >= 0.6 is 31.9 Å². The van der Waals surface area contributed by atoms with Gasteiger partial charge in [0.15, 0.2) is 0 Å². The molecule has 0 aliphatic heterocycles. The molecule has 2 N–H and O–H groups in total. The topological polar surface area (TPSA) is 50.4 Å². The molecule has 1 aromatic rings. The molecule has 1 amide bonds. The molecule has 1 aromatic carbocycles. The lowest BCUT2D eigenvalue weighted by atomic mass is 10.3. The first-order valence-corrected chi connectivity index (χ1v) is 7.59. The summed E-state index contributed by atoms with van der Waals surface area (Å²) in [5, 5.41) is 6.06. The third-order valence-corrected chi connectivity index (χ3v) is 3.63. The van der Waals surface area contributed by atoms with Gasteiger partial charge in [0, 0.05) is 29.5 Å². The highest BCUT2D eigenvalue weighted by molar-refractivity contribution is 9.11. The van der Waals surface area contributed by atoms with Crippen molar-refractivity contribution in [2.75, 3.05) is 19.0 Å². The molecule has 6 heteroatoms. The summed E-state index contributed by atoms with van der Waals surface area (Å²) in [6, 6.07) is 3.97. The number of amides is 1. The van der Waals surface area contributed by atoms with Crippen molar-refractivity contribution in [3.63, 3.8) is 0 Å². The van der Waals surface area contributed by atoms with E-state index in [2.05, 4.69) is 42.5 Å². The Kier molecular flexibility index (Phi) is 6.65. The van der Waals surface area contributed by atoms with Crippen molar-refractivity contribution in [3.05, 3.63) is 21.1 Å². The average Bonchev–Trinajstić information content (AvgIpc) is 2.31. The van der Waals surface area contributed by atoms with Gasteiger partial charge in [0.2, 0.25) is 5.91 Å². The van der Waals surface area contributed by atoms with Crippen molar-refractivity contribution < 1.29 is 9.53 Å². The van der Waals surface area contributed by atoms with Crippen molar-refractivity contribution in [1.29, 1.82) is 0 Å². The first-order valence-electron chi connectivity index (χ1n) is 6.00. The third-order valence-electron chi connectivity index (χ3n) is 2.36. The van der Waals surface area contributed by atoms with E-state index in [9.17, 15) is 4.79 Å². The second-order valence-corrected chi connectivity index (χ2v) is 6.07. The van der Waals surface area contributed by atoms with Crippen LogP contribution in [0.25, 0.3) is 0 Å². The Hall–Kier alpha value is -0.750. The summed E-state index contributed by atoms with van der Waals surface area (Å²) in [6.07, 6.45) is 0.434. The van der Waals surface area contributed by atoms with E-state index in [1.54, 1.807) is 7.11 Å². The Balaban J connectivity index is 2.56. The monoisotopic (exact) mass is 392 g/mol. The second-order valence-electron chi connectivity index (χ2n) is 4.37. The number of hydrogen-bond acceptors (Lipinski definition) is 3. The predicted octanol–water partition coefficient (Wildman–Crippen LogP) is 3.55. The zero-order valence-electron chi connectivity index (χ0n) is 11.2. The van der Waals surface area contributed by atoms with Crippen molar-refractivity contribution >= 4 is 43.5 Å². The second kappa shape index (κ2) is 7.75. The average molecular weight is 394 g/mol. The summed E-state index contributed by atoms with van der Waals surface area (Å²) in [4.78, 5) is 11.5. The molecular formula is C13H18Br2N2O2. The Bertz CT molecular complexity index is 451. The molecule has 0 heterocycles. The number of benzene rings is 1. The molecule has 0 fully saturated rings. The lowest BCUT2D eigenvalue weighted by Gasteiger charge is -2.12. The maximum Gasteiger partial charge on any atom is 0.221 e. The lowest BCUT2D eigenvalue weighted by molar-refractivity contribution is -0.121. The van der Waals surface area contributed by atoms with Gasteiger partial charge in [-0.3, -0.25) is 4.79 Å². The van der Waals surface area contributed by atoms with Crippen molar-refractivity contribution in [2.24, 2.45) is 0 Å². The summed E-state index contributed by atoms with van der Waals surface area (Å²) < 4.78 is 7.03. The van der Waals surface area contributed by atoms with Crippen LogP contribution in [-0.2, 0) is 4.79 Å². The SMILES string of the molecule is COc1cc(NCCC(=O)NC(C)C)c(Br)cc1Br. The molecule has 0 atom stereocenters. The number of hydrogen-bond donors (Lipinski definition) is 2. The molecule has 0 saturated heterocycles. The molecule has 106 valence electrons. The van der Waals surface area contributed by atoms with Gasteiger partial charge in [-0.2, -0.15) is 0 Å². The van der Waals surface area contributed by atoms with Crippen LogP contribution in [0, 0.1) is 0 Å². The van der Waals surface area contributed by atoms with E-state index in [4.69, 9.17) is 4.74 Å². The van der Waals surface area contributed by atoms with Gasteiger partial charge in [-0.25, -0.2) is 0 Å². The molecule has 19 heavy (non-hydrogen) atoms. The summed E-state index contributed by atoms with van der Waals surface area (Å²) in [5.41, 5.74) is 0.900. The molecule has 0 saturated carbocycles. The van der Waals surface area contributed by atoms with Gasteiger partial charge in [0.05, 0.1) is 17.3 Å². The Morgan fingerprint density at radius 2 is 2.00 bits per heavy atom. The van der Waals surface area contributed by atoms with Crippen LogP contribution in [0.1, 0.15) is 20.3 Å². The smallest absolute Gasteiger partial charge is 0.221 e. The number of nitrogens with one attached hydrogen (secondary N) is 2. The van der Waals surface area contributed by atoms with Crippen LogP contribution in [0.5, 0.6) is 5.75 Å². The summed E-state index contributed by atoms with van der Waals surface area (Å²) >= 11 is 6.88. The van der Waals surface area contributed by atoms with E-state index in [1.807, 2.05) is 26.0 Å². The minimum Gasteiger partial charge on any atom is -0.495 e. The van der Waals surface area contributed by atoms with Crippen LogP contribution in [0.3, 0.4) is 0 Å². The summed E-state index contributed by atoms with van der Waals surface area (Å²) in [6.45, 7) is 4.46. The van der Waals surface area contributed by atoms with Gasteiger partial charge in [-0.1, -0.05) is 0 Å². The van der Waals surface area contributed by atoms with E-state index >= 15 is 0 Å². The first-order chi connectivity index (χ1) is 8.93. The fraction of sp³-hybridized carbons (Fsp3) is 0.462. The molecule has 0 bridgehead atoms. The van der Waals surface area contributed by atoms with E-state index in [1.165, 1.54) is 0 Å². The highest BCUT2D eigenvalue weighted by Crippen LogP contribution is 2.34. The van der Waals surface area contributed by atoms with Crippen molar-refractivity contribution in [1.82, 2.24) is 5.32 Å². The van der Waals surface area contributed by atoms with E-state index in [0.29, 0.717) is 13.0 Å². The van der Waals surface area contributed by atoms with Gasteiger partial charge in [-0.15, -0.1) is 0 Å². The number of halogens is 2. The van der Waals surface area contributed by atoms with Crippen LogP contribution in [0.2, 0.25) is 0 Å². The third kappa shape index (κ3) is 5.40. The standard InChI is InChI=1S/C13H18Br2N2O2/c1-8(2)17-13(18)4-5-16-11-7-12(19-3)10(15)6-9(11)14/h6-8,16H,4-5H2,1-3H3,(H,17,18). The number of ether oxygens (including phenoxy) is 1. The van der Waals surface area contributed by atoms with Gasteiger partial charge < -0.3 is 15.4 Å². The van der Waals surface area contributed by atoms with Gasteiger partial charge in [0.1, 0.15) is 5.75 Å².